The third kappa shape index (κ3) is 6.34. The van der Waals surface area contributed by atoms with Crippen molar-refractivity contribution in [1.82, 2.24) is 31.3 Å². The molecule has 0 saturated carbocycles. The minimum Gasteiger partial charge on any atom is -0.455 e. The molecule has 1 aromatic heterocycles. The van der Waals surface area contributed by atoms with Gasteiger partial charge in [0.25, 0.3) is 5.91 Å². The van der Waals surface area contributed by atoms with E-state index in [1.54, 1.807) is 19.9 Å². The molecule has 4 rings (SSSR count). The standard InChI is InChI=1S/C27H34N6O5/c1-15(2)24-25(35)28-16(3)26(36)33-12-6-8-21(32-33)27(37)38-17(4)22-14-19-13-18(7-5-9-23(34)29-24)10-11-20(19)30-31-22/h5,7,10-11,13-17,21,24,32H,6,8-9,12H2,1-4H3,(H,28,35)(H,29,34)/b7-5+/t16-,17+,21-,24?/m0/s1. The number of fused-ring (bicyclic) bond motifs is 4. The van der Waals surface area contributed by atoms with E-state index in [0.29, 0.717) is 30.6 Å². The smallest absolute Gasteiger partial charge is 0.325 e. The fraction of sp³-hybridized carbons (Fsp3) is 0.481. The minimum absolute atomic E-state index is 0.0783. The summed E-state index contributed by atoms with van der Waals surface area (Å²) in [6, 6.07) is 5.03. The van der Waals surface area contributed by atoms with Crippen molar-refractivity contribution in [1.29, 1.82) is 0 Å². The zero-order valence-electron chi connectivity index (χ0n) is 22.1. The Labute approximate surface area is 221 Å². The summed E-state index contributed by atoms with van der Waals surface area (Å²) in [6.45, 7) is 7.33. The number of hydrogen-bond donors (Lipinski definition) is 3. The first-order valence-electron chi connectivity index (χ1n) is 12.9. The van der Waals surface area contributed by atoms with Gasteiger partial charge in [0.15, 0.2) is 0 Å². The molecule has 2 aliphatic heterocycles. The van der Waals surface area contributed by atoms with Crippen molar-refractivity contribution >= 4 is 40.7 Å². The van der Waals surface area contributed by atoms with Crippen LogP contribution in [0.2, 0.25) is 0 Å². The van der Waals surface area contributed by atoms with Crippen LogP contribution in [0.15, 0.2) is 30.3 Å². The highest BCUT2D eigenvalue weighted by atomic mass is 16.5. The van der Waals surface area contributed by atoms with Crippen molar-refractivity contribution in [3.8, 4) is 0 Å². The molecule has 0 radical (unpaired) electrons. The molecule has 1 unspecified atom stereocenters. The first-order valence-corrected chi connectivity index (χ1v) is 12.9. The van der Waals surface area contributed by atoms with Crippen molar-refractivity contribution in [2.75, 3.05) is 6.54 Å². The number of cyclic esters (lactones) is 1. The van der Waals surface area contributed by atoms with Gasteiger partial charge in [0.2, 0.25) is 11.8 Å². The third-order valence-corrected chi connectivity index (χ3v) is 6.68. The lowest BCUT2D eigenvalue weighted by molar-refractivity contribution is -0.157. The van der Waals surface area contributed by atoms with Gasteiger partial charge in [-0.05, 0) is 56.4 Å². The number of hydrogen-bond acceptors (Lipinski definition) is 8. The van der Waals surface area contributed by atoms with Crippen LogP contribution in [-0.2, 0) is 23.9 Å². The summed E-state index contributed by atoms with van der Waals surface area (Å²) in [5, 5.41) is 16.1. The molecule has 1 saturated heterocycles. The third-order valence-electron chi connectivity index (χ3n) is 6.68. The highest BCUT2D eigenvalue weighted by Crippen LogP contribution is 2.22. The van der Waals surface area contributed by atoms with Crippen molar-refractivity contribution in [3.63, 3.8) is 0 Å². The summed E-state index contributed by atoms with van der Waals surface area (Å²) in [5.74, 6) is -1.84. The summed E-state index contributed by atoms with van der Waals surface area (Å²) in [5.41, 5.74) is 4.99. The number of esters is 1. The fourth-order valence-electron chi connectivity index (χ4n) is 4.48. The number of nitrogens with one attached hydrogen (secondary N) is 3. The van der Waals surface area contributed by atoms with Crippen molar-refractivity contribution in [3.05, 3.63) is 41.6 Å². The van der Waals surface area contributed by atoms with Gasteiger partial charge in [-0.2, -0.15) is 10.2 Å². The Morgan fingerprint density at radius 3 is 2.61 bits per heavy atom. The second kappa shape index (κ2) is 11.7. The maximum absolute atomic E-state index is 13.1. The van der Waals surface area contributed by atoms with Gasteiger partial charge in [0, 0.05) is 18.4 Å². The van der Waals surface area contributed by atoms with E-state index in [4.69, 9.17) is 4.74 Å². The van der Waals surface area contributed by atoms with Crippen LogP contribution in [0.25, 0.3) is 17.0 Å². The summed E-state index contributed by atoms with van der Waals surface area (Å²) in [4.78, 5) is 51.7. The fourth-order valence-corrected chi connectivity index (χ4v) is 4.48. The van der Waals surface area contributed by atoms with Gasteiger partial charge in [-0.1, -0.05) is 32.1 Å². The lowest BCUT2D eigenvalue weighted by Gasteiger charge is -2.35. The number of hydrazine groups is 1. The number of ether oxygens (including phenoxy) is 1. The molecule has 2 aromatic rings. The molecular formula is C27H34N6O5. The summed E-state index contributed by atoms with van der Waals surface area (Å²) >= 11 is 0. The van der Waals surface area contributed by atoms with Gasteiger partial charge in [0.1, 0.15) is 29.9 Å². The van der Waals surface area contributed by atoms with Gasteiger partial charge in [-0.3, -0.25) is 24.2 Å². The molecule has 3 amide bonds. The maximum atomic E-state index is 13.1. The van der Waals surface area contributed by atoms with Gasteiger partial charge < -0.3 is 15.4 Å². The summed E-state index contributed by atoms with van der Waals surface area (Å²) < 4.78 is 5.68. The van der Waals surface area contributed by atoms with Crippen molar-refractivity contribution in [2.24, 2.45) is 5.92 Å². The molecule has 3 heterocycles. The first-order chi connectivity index (χ1) is 18.1. The molecule has 0 aliphatic carbocycles. The number of amides is 3. The molecule has 0 spiro atoms. The summed E-state index contributed by atoms with van der Waals surface area (Å²) in [7, 11) is 0. The lowest BCUT2D eigenvalue weighted by Crippen LogP contribution is -2.61. The highest BCUT2D eigenvalue weighted by molar-refractivity contribution is 5.92. The molecule has 202 valence electrons. The highest BCUT2D eigenvalue weighted by Gasteiger charge is 2.33. The lowest BCUT2D eigenvalue weighted by atomic mass is 10.0. The van der Waals surface area contributed by atoms with Crippen LogP contribution < -0.4 is 16.1 Å². The van der Waals surface area contributed by atoms with Gasteiger partial charge in [0.05, 0.1) is 5.52 Å². The zero-order valence-corrected chi connectivity index (χ0v) is 22.1. The molecule has 4 atom stereocenters. The number of rotatable bonds is 1. The molecule has 1 aromatic carbocycles. The molecular weight excluding hydrogens is 488 g/mol. The van der Waals surface area contributed by atoms with E-state index in [0.717, 1.165) is 10.9 Å². The number of benzene rings is 1. The normalized spacial score (nSPS) is 26.6. The Hall–Kier alpha value is -3.86. The topological polar surface area (TPSA) is 143 Å². The molecule has 2 aliphatic rings. The molecule has 3 N–H and O–H groups in total. The van der Waals surface area contributed by atoms with E-state index in [-0.39, 0.29) is 24.2 Å². The Morgan fingerprint density at radius 2 is 1.84 bits per heavy atom. The monoisotopic (exact) mass is 522 g/mol. The van der Waals surface area contributed by atoms with E-state index >= 15 is 0 Å². The SMILES string of the molecule is CC(C)C1NC(=O)C/C=C/c2ccc3nnc(cc3c2)[C@@H](C)OC(=O)[C@@H]2CCCN(N2)C(=O)[C@H](C)NC1=O. The second-order valence-electron chi connectivity index (χ2n) is 10.1. The molecule has 11 heteroatoms. The number of carbonyl (C=O) groups excluding carboxylic acids is 4. The van der Waals surface area contributed by atoms with Crippen molar-refractivity contribution in [2.45, 2.75) is 71.2 Å². The Kier molecular flexibility index (Phi) is 8.35. The molecule has 11 nitrogen and oxygen atoms in total. The average Bonchev–Trinajstić information content (AvgIpc) is 2.90. The molecule has 1 fully saturated rings. The molecule has 38 heavy (non-hydrogen) atoms. The van der Waals surface area contributed by atoms with Crippen LogP contribution in [0.1, 0.15) is 64.3 Å². The van der Waals surface area contributed by atoms with Gasteiger partial charge in [-0.25, -0.2) is 5.43 Å². The van der Waals surface area contributed by atoms with Crippen LogP contribution in [0.5, 0.6) is 0 Å². The van der Waals surface area contributed by atoms with E-state index in [9.17, 15) is 19.2 Å². The van der Waals surface area contributed by atoms with E-state index < -0.39 is 36.1 Å². The van der Waals surface area contributed by atoms with Crippen molar-refractivity contribution < 1.29 is 23.9 Å². The Balaban J connectivity index is 1.64. The zero-order chi connectivity index (χ0) is 27.4. The van der Waals surface area contributed by atoms with E-state index in [1.165, 1.54) is 5.01 Å². The van der Waals surface area contributed by atoms with E-state index in [2.05, 4.69) is 26.3 Å². The Morgan fingerprint density at radius 1 is 1.05 bits per heavy atom. The quantitative estimate of drug-likeness (QED) is 0.481. The van der Waals surface area contributed by atoms with E-state index in [1.807, 2.05) is 44.2 Å². The largest absolute Gasteiger partial charge is 0.455 e. The number of carbonyl (C=O) groups is 4. The van der Waals surface area contributed by atoms with Crippen LogP contribution in [0, 0.1) is 5.92 Å². The summed E-state index contributed by atoms with van der Waals surface area (Å²) in [6.07, 6.45) is 4.04. The van der Waals surface area contributed by atoms with Crippen LogP contribution in [-0.4, -0.2) is 63.6 Å². The number of nitrogens with zero attached hydrogens (tertiary/aromatic N) is 3. The number of aromatic nitrogens is 2. The first kappa shape index (κ1) is 27.2. The predicted molar refractivity (Wildman–Crippen MR) is 140 cm³/mol. The van der Waals surface area contributed by atoms with Gasteiger partial charge in [-0.15, -0.1) is 0 Å². The minimum atomic E-state index is -0.871. The van der Waals surface area contributed by atoms with Gasteiger partial charge >= 0.3 is 5.97 Å². The Bertz CT molecular complexity index is 1260. The maximum Gasteiger partial charge on any atom is 0.325 e. The van der Waals surface area contributed by atoms with Crippen LogP contribution in [0.4, 0.5) is 0 Å². The predicted octanol–water partition coefficient (Wildman–Crippen LogP) is 1.79. The van der Waals surface area contributed by atoms with Crippen LogP contribution >= 0.6 is 0 Å². The van der Waals surface area contributed by atoms with Crippen LogP contribution in [0.3, 0.4) is 0 Å². The average molecular weight is 523 g/mol. The molecule has 5 bridgehead atoms. The second-order valence-corrected chi connectivity index (χ2v) is 10.1.